The van der Waals surface area contributed by atoms with Gasteiger partial charge in [0, 0.05) is 6.42 Å². The van der Waals surface area contributed by atoms with Gasteiger partial charge in [-0.3, -0.25) is 9.35 Å². The Morgan fingerprint density at radius 3 is 1.57 bits per heavy atom. The van der Waals surface area contributed by atoms with E-state index in [9.17, 15) is 22.9 Å². The molecule has 0 saturated carbocycles. The molecule has 0 aromatic heterocycles. The van der Waals surface area contributed by atoms with Crippen LogP contribution in [0.5, 0.6) is 0 Å². The Balaban J connectivity index is 4.06. The van der Waals surface area contributed by atoms with Crippen LogP contribution in [0, 0.1) is 0 Å². The average molecular weight is 586 g/mol. The van der Waals surface area contributed by atoms with Crippen LogP contribution in [-0.4, -0.2) is 41.9 Å². The summed E-state index contributed by atoms with van der Waals surface area (Å²) in [4.78, 5) is 12.4. The zero-order valence-electron chi connectivity index (χ0n) is 26.0. The first-order valence-electron chi connectivity index (χ1n) is 16.5. The van der Waals surface area contributed by atoms with Gasteiger partial charge in [0.2, 0.25) is 5.91 Å². The van der Waals surface area contributed by atoms with Crippen molar-refractivity contribution in [2.24, 2.45) is 0 Å². The van der Waals surface area contributed by atoms with E-state index in [2.05, 4.69) is 31.3 Å². The maximum atomic E-state index is 12.4. The number of hydrogen-bond donors (Lipinski definition) is 3. The van der Waals surface area contributed by atoms with Crippen molar-refractivity contribution < 1.29 is 22.9 Å². The number of carbonyl (C=O) groups excluding carboxylic acids is 1. The molecule has 1 amide bonds. The molecule has 0 saturated heterocycles. The average Bonchev–Trinajstić information content (AvgIpc) is 2.90. The molecule has 0 radical (unpaired) electrons. The van der Waals surface area contributed by atoms with E-state index in [1.807, 2.05) is 0 Å². The van der Waals surface area contributed by atoms with E-state index >= 15 is 0 Å². The van der Waals surface area contributed by atoms with E-state index in [0.29, 0.717) is 6.42 Å². The SMILES string of the molecule is CCCCCCC/C=C/CC/C=C/C(O)C(CS(=O)(=O)O)NC(=O)CCCCCCCCCCCCCCCC. The number of rotatable bonds is 29. The molecular formula is C33H63NO5S. The topological polar surface area (TPSA) is 104 Å². The van der Waals surface area contributed by atoms with Gasteiger partial charge >= 0.3 is 0 Å². The second kappa shape index (κ2) is 28.0. The maximum Gasteiger partial charge on any atom is 0.267 e. The van der Waals surface area contributed by atoms with Crippen LogP contribution >= 0.6 is 0 Å². The lowest BCUT2D eigenvalue weighted by molar-refractivity contribution is -0.122. The van der Waals surface area contributed by atoms with Gasteiger partial charge in [0.25, 0.3) is 10.1 Å². The van der Waals surface area contributed by atoms with Crippen LogP contribution in [0.2, 0.25) is 0 Å². The van der Waals surface area contributed by atoms with Gasteiger partial charge in [-0.1, -0.05) is 147 Å². The second-order valence-electron chi connectivity index (χ2n) is 11.4. The fourth-order valence-electron chi connectivity index (χ4n) is 4.88. The van der Waals surface area contributed by atoms with E-state index in [4.69, 9.17) is 0 Å². The highest BCUT2D eigenvalue weighted by Crippen LogP contribution is 2.14. The lowest BCUT2D eigenvalue weighted by Crippen LogP contribution is -2.46. The zero-order chi connectivity index (χ0) is 29.7. The quantitative estimate of drug-likeness (QED) is 0.0462. The van der Waals surface area contributed by atoms with Gasteiger partial charge in [-0.05, 0) is 32.1 Å². The molecule has 0 rings (SSSR count). The van der Waals surface area contributed by atoms with Gasteiger partial charge < -0.3 is 10.4 Å². The molecule has 6 nitrogen and oxygen atoms in total. The highest BCUT2D eigenvalue weighted by atomic mass is 32.2. The van der Waals surface area contributed by atoms with Crippen LogP contribution < -0.4 is 5.32 Å². The molecule has 0 heterocycles. The summed E-state index contributed by atoms with van der Waals surface area (Å²) in [7, 11) is -4.34. The highest BCUT2D eigenvalue weighted by molar-refractivity contribution is 7.85. The molecule has 40 heavy (non-hydrogen) atoms. The van der Waals surface area contributed by atoms with Gasteiger partial charge in [0.1, 0.15) is 0 Å². The van der Waals surface area contributed by atoms with Gasteiger partial charge in [-0.2, -0.15) is 8.42 Å². The number of aliphatic hydroxyl groups is 1. The standard InChI is InChI=1S/C33H63NO5S/c1-3-5-7-9-11-13-15-16-17-19-21-23-25-27-29-33(36)34-31(30-40(37,38)39)32(35)28-26-24-22-20-18-14-12-10-8-6-4-2/h18,20,26,28,31-32,35H,3-17,19,21-25,27,29-30H2,1-2H3,(H,34,36)(H,37,38,39)/b20-18+,28-26+. The summed E-state index contributed by atoms with van der Waals surface area (Å²) in [5.41, 5.74) is 0. The fourth-order valence-corrected chi connectivity index (χ4v) is 5.61. The predicted octanol–water partition coefficient (Wildman–Crippen LogP) is 8.84. The number of unbranched alkanes of at least 4 members (excludes halogenated alkanes) is 19. The molecule has 2 atom stereocenters. The number of aliphatic hydroxyl groups excluding tert-OH is 1. The smallest absolute Gasteiger partial charge is 0.267 e. The normalized spacial score (nSPS) is 13.8. The molecular weight excluding hydrogens is 522 g/mol. The lowest BCUT2D eigenvalue weighted by atomic mass is 10.0. The van der Waals surface area contributed by atoms with E-state index in [1.165, 1.54) is 109 Å². The van der Waals surface area contributed by atoms with Crippen molar-refractivity contribution in [3.8, 4) is 0 Å². The largest absolute Gasteiger partial charge is 0.387 e. The lowest BCUT2D eigenvalue weighted by Gasteiger charge is -2.21. The third-order valence-corrected chi connectivity index (χ3v) is 8.16. The van der Waals surface area contributed by atoms with Crippen molar-refractivity contribution in [1.82, 2.24) is 5.32 Å². The maximum absolute atomic E-state index is 12.4. The first kappa shape index (κ1) is 38.8. The Kier molecular flexibility index (Phi) is 27.1. The molecule has 0 aromatic carbocycles. The van der Waals surface area contributed by atoms with Crippen LogP contribution in [0.15, 0.2) is 24.3 Å². The number of allylic oxidation sites excluding steroid dienone is 3. The first-order valence-corrected chi connectivity index (χ1v) is 18.1. The minimum Gasteiger partial charge on any atom is -0.387 e. The fraction of sp³-hybridized carbons (Fsp3) is 0.848. The Labute approximate surface area is 247 Å². The van der Waals surface area contributed by atoms with Crippen LogP contribution in [0.4, 0.5) is 0 Å². The van der Waals surface area contributed by atoms with Gasteiger partial charge in [-0.25, -0.2) is 0 Å². The predicted molar refractivity (Wildman–Crippen MR) is 170 cm³/mol. The first-order chi connectivity index (χ1) is 19.3. The highest BCUT2D eigenvalue weighted by Gasteiger charge is 2.24. The number of hydrogen-bond acceptors (Lipinski definition) is 4. The van der Waals surface area contributed by atoms with Crippen LogP contribution in [0.3, 0.4) is 0 Å². The van der Waals surface area contributed by atoms with Crippen LogP contribution in [-0.2, 0) is 14.9 Å². The van der Waals surface area contributed by atoms with Gasteiger partial charge in [0.05, 0.1) is 17.9 Å². The summed E-state index contributed by atoms with van der Waals surface area (Å²) in [6, 6.07) is -1.07. The van der Waals surface area contributed by atoms with Crippen molar-refractivity contribution in [2.45, 2.75) is 174 Å². The summed E-state index contributed by atoms with van der Waals surface area (Å²) < 4.78 is 32.2. The summed E-state index contributed by atoms with van der Waals surface area (Å²) >= 11 is 0. The molecule has 0 spiro atoms. The monoisotopic (exact) mass is 585 g/mol. The van der Waals surface area contributed by atoms with Crippen molar-refractivity contribution >= 4 is 16.0 Å². The summed E-state index contributed by atoms with van der Waals surface area (Å²) in [5.74, 6) is -0.997. The van der Waals surface area contributed by atoms with Crippen molar-refractivity contribution in [3.63, 3.8) is 0 Å². The summed E-state index contributed by atoms with van der Waals surface area (Å²) in [6.45, 7) is 4.46. The molecule has 3 N–H and O–H groups in total. The summed E-state index contributed by atoms with van der Waals surface area (Å²) in [5, 5.41) is 13.1. The molecule has 0 aliphatic carbocycles. The Hall–Kier alpha value is -1.18. The Bertz CT molecular complexity index is 735. The number of amides is 1. The minimum absolute atomic E-state index is 0.290. The molecule has 7 heteroatoms. The minimum atomic E-state index is -4.34. The number of nitrogens with one attached hydrogen (secondary N) is 1. The van der Waals surface area contributed by atoms with Crippen molar-refractivity contribution in [3.05, 3.63) is 24.3 Å². The number of carbonyl (C=O) groups is 1. The van der Waals surface area contributed by atoms with E-state index in [0.717, 1.165) is 38.5 Å². The molecule has 0 aromatic rings. The molecule has 0 fully saturated rings. The second-order valence-corrected chi connectivity index (χ2v) is 12.9. The molecule has 0 bridgehead atoms. The molecule has 236 valence electrons. The van der Waals surface area contributed by atoms with E-state index < -0.39 is 28.0 Å². The molecule has 0 aliphatic rings. The summed E-state index contributed by atoms with van der Waals surface area (Å²) in [6.07, 6.45) is 33.0. The van der Waals surface area contributed by atoms with E-state index in [1.54, 1.807) is 6.08 Å². The van der Waals surface area contributed by atoms with Crippen LogP contribution in [0.25, 0.3) is 0 Å². The molecule has 0 aliphatic heterocycles. The third-order valence-electron chi connectivity index (χ3n) is 7.38. The van der Waals surface area contributed by atoms with Crippen molar-refractivity contribution in [2.75, 3.05) is 5.75 Å². The Morgan fingerprint density at radius 2 is 1.07 bits per heavy atom. The zero-order valence-corrected chi connectivity index (χ0v) is 26.8. The van der Waals surface area contributed by atoms with E-state index in [-0.39, 0.29) is 5.91 Å². The van der Waals surface area contributed by atoms with Gasteiger partial charge in [-0.15, -0.1) is 0 Å². The Morgan fingerprint density at radius 1 is 0.650 bits per heavy atom. The molecule has 2 unspecified atom stereocenters. The van der Waals surface area contributed by atoms with Crippen LogP contribution in [0.1, 0.15) is 162 Å². The van der Waals surface area contributed by atoms with Gasteiger partial charge in [0.15, 0.2) is 0 Å². The van der Waals surface area contributed by atoms with Crippen molar-refractivity contribution in [1.29, 1.82) is 0 Å². The third kappa shape index (κ3) is 28.4.